The number of carboxylic acid groups (broad SMARTS) is 1. The fourth-order valence-electron chi connectivity index (χ4n) is 1.39. The van der Waals surface area contributed by atoms with E-state index in [0.29, 0.717) is 0 Å². The number of hydrogen-bond donors (Lipinski definition) is 1. The van der Waals surface area contributed by atoms with Crippen LogP contribution in [0.5, 0.6) is 0 Å². The summed E-state index contributed by atoms with van der Waals surface area (Å²) in [7, 11) is -3.70. The molecule has 0 aromatic heterocycles. The quantitative estimate of drug-likeness (QED) is 0.347. The summed E-state index contributed by atoms with van der Waals surface area (Å²) >= 11 is 0. The second-order valence-electron chi connectivity index (χ2n) is 3.42. The van der Waals surface area contributed by atoms with Crippen molar-refractivity contribution in [2.24, 2.45) is 0 Å². The van der Waals surface area contributed by atoms with Gasteiger partial charge in [-0.25, -0.2) is 4.79 Å². The van der Waals surface area contributed by atoms with E-state index in [1.54, 1.807) is 0 Å². The van der Waals surface area contributed by atoms with Gasteiger partial charge in [0, 0.05) is 5.56 Å². The van der Waals surface area contributed by atoms with Gasteiger partial charge in [-0.1, -0.05) is 0 Å². The topological polar surface area (TPSA) is 121 Å². The largest absolute Gasteiger partial charge is 1.00 e. The predicted molar refractivity (Wildman–Crippen MR) is 56.7 cm³/mol. The maximum absolute atomic E-state index is 11.3. The van der Waals surface area contributed by atoms with Gasteiger partial charge in [-0.05, 0) is 24.6 Å². The molecule has 7 nitrogen and oxygen atoms in total. The van der Waals surface area contributed by atoms with Crippen LogP contribution in [0.1, 0.15) is 26.3 Å². The number of carbonyl (C=O) groups excluding carboxylic acids is 2. The minimum Gasteiger partial charge on any atom is -0.545 e. The second kappa shape index (κ2) is 6.49. The first kappa shape index (κ1) is 18.1. The maximum Gasteiger partial charge on any atom is 1.00 e. The van der Waals surface area contributed by atoms with E-state index < -0.39 is 32.5 Å². The first-order valence-electron chi connectivity index (χ1n) is 4.60. The van der Waals surface area contributed by atoms with Crippen molar-refractivity contribution in [3.05, 3.63) is 28.8 Å². The van der Waals surface area contributed by atoms with Crippen LogP contribution in [0.15, 0.2) is 17.0 Å². The Hall–Kier alpha value is -0.930. The smallest absolute Gasteiger partial charge is 0.545 e. The van der Waals surface area contributed by atoms with Gasteiger partial charge in [0.2, 0.25) is 0 Å². The van der Waals surface area contributed by atoms with E-state index >= 15 is 0 Å². The average molecular weight is 296 g/mol. The summed E-state index contributed by atoms with van der Waals surface area (Å²) in [6.45, 7) is 1.40. The Morgan fingerprint density at radius 1 is 1.26 bits per heavy atom. The molecule has 0 saturated heterocycles. The van der Waals surface area contributed by atoms with Gasteiger partial charge in [0.25, 0.3) is 10.1 Å². The molecular weight excluding hydrogens is 287 g/mol. The molecule has 0 unspecified atom stereocenters. The number of ether oxygens (including phenoxy) is 1. The molecule has 0 radical (unpaired) electrons. The van der Waals surface area contributed by atoms with Crippen molar-refractivity contribution >= 4 is 22.1 Å². The SMILES string of the molecule is COC(=O)c1cc(S(=O)(=O)O)c(C(=O)[O-])cc1C.[Na+]. The number of esters is 1. The number of carboxylic acids is 1. The molecule has 1 rings (SSSR count). The molecule has 1 aromatic carbocycles. The molecule has 19 heavy (non-hydrogen) atoms. The van der Waals surface area contributed by atoms with Crippen LogP contribution in [0, 0.1) is 6.92 Å². The molecule has 98 valence electrons. The van der Waals surface area contributed by atoms with Crippen molar-refractivity contribution in [1.82, 2.24) is 0 Å². The molecule has 0 atom stereocenters. The summed E-state index contributed by atoms with van der Waals surface area (Å²) in [4.78, 5) is 21.2. The van der Waals surface area contributed by atoms with Gasteiger partial charge in [-0.3, -0.25) is 4.55 Å². The molecule has 1 aromatic rings. The summed E-state index contributed by atoms with van der Waals surface area (Å²) in [5, 5.41) is 10.8. The number of methoxy groups -OCH3 is 1. The fourth-order valence-corrected chi connectivity index (χ4v) is 2.08. The van der Waals surface area contributed by atoms with Crippen molar-refractivity contribution in [3.63, 3.8) is 0 Å². The van der Waals surface area contributed by atoms with Crippen molar-refractivity contribution in [1.29, 1.82) is 0 Å². The van der Waals surface area contributed by atoms with Crippen LogP contribution in [0.2, 0.25) is 0 Å². The van der Waals surface area contributed by atoms with Crippen LogP contribution in [-0.4, -0.2) is 32.0 Å². The van der Waals surface area contributed by atoms with Crippen LogP contribution in [0.4, 0.5) is 0 Å². The molecule has 0 amide bonds. The fraction of sp³-hybridized carbons (Fsp3) is 0.200. The third-order valence-corrected chi connectivity index (χ3v) is 3.12. The average Bonchev–Trinajstić information content (AvgIpc) is 2.25. The minimum atomic E-state index is -4.79. The third-order valence-electron chi connectivity index (χ3n) is 2.23. The van der Waals surface area contributed by atoms with Gasteiger partial charge in [-0.2, -0.15) is 8.42 Å². The van der Waals surface area contributed by atoms with Crippen LogP contribution in [-0.2, 0) is 14.9 Å². The van der Waals surface area contributed by atoms with Crippen molar-refractivity contribution in [2.45, 2.75) is 11.8 Å². The van der Waals surface area contributed by atoms with E-state index in [1.807, 2.05) is 0 Å². The van der Waals surface area contributed by atoms with Crippen LogP contribution < -0.4 is 34.7 Å². The van der Waals surface area contributed by atoms with E-state index in [-0.39, 0.29) is 40.7 Å². The molecular formula is C10H9NaO7S. The molecule has 9 heteroatoms. The molecule has 0 heterocycles. The van der Waals surface area contributed by atoms with Gasteiger partial charge in [0.05, 0.1) is 18.6 Å². The molecule has 0 bridgehead atoms. The number of carbonyl (C=O) groups is 2. The zero-order chi connectivity index (χ0) is 14.1. The van der Waals surface area contributed by atoms with Gasteiger partial charge in [0.1, 0.15) is 4.90 Å². The summed E-state index contributed by atoms with van der Waals surface area (Å²) in [5.74, 6) is -2.62. The number of aromatic carboxylic acids is 1. The predicted octanol–water partition coefficient (Wildman–Crippen LogP) is -3.60. The molecule has 1 N–H and O–H groups in total. The summed E-state index contributed by atoms with van der Waals surface area (Å²) in [6, 6.07) is 1.66. The number of benzene rings is 1. The third kappa shape index (κ3) is 4.02. The Labute approximate surface area is 131 Å². The van der Waals surface area contributed by atoms with Gasteiger partial charge < -0.3 is 14.6 Å². The number of hydrogen-bond acceptors (Lipinski definition) is 6. The summed E-state index contributed by atoms with van der Waals surface area (Å²) in [6.07, 6.45) is 0. The minimum absolute atomic E-state index is 0. The first-order valence-corrected chi connectivity index (χ1v) is 6.04. The van der Waals surface area contributed by atoms with E-state index in [9.17, 15) is 23.1 Å². The zero-order valence-electron chi connectivity index (χ0n) is 10.5. The van der Waals surface area contributed by atoms with Crippen LogP contribution >= 0.6 is 0 Å². The number of aryl methyl sites for hydroxylation is 1. The van der Waals surface area contributed by atoms with Gasteiger partial charge in [-0.15, -0.1) is 0 Å². The molecule has 0 spiro atoms. The van der Waals surface area contributed by atoms with Crippen LogP contribution in [0.3, 0.4) is 0 Å². The maximum atomic E-state index is 11.3. The van der Waals surface area contributed by atoms with Crippen molar-refractivity contribution in [2.75, 3.05) is 7.11 Å². The van der Waals surface area contributed by atoms with E-state index in [0.717, 1.165) is 19.2 Å². The molecule has 0 fully saturated rings. The Morgan fingerprint density at radius 2 is 1.79 bits per heavy atom. The standard InChI is InChI=1S/C10H10O7S.Na/c1-5-3-7(9(11)12)8(18(14,15)16)4-6(5)10(13)17-2;/h3-4H,1-2H3,(H,11,12)(H,14,15,16);/q;+1/p-1. The van der Waals surface area contributed by atoms with Crippen molar-refractivity contribution < 1.29 is 62.0 Å². The van der Waals surface area contributed by atoms with Crippen LogP contribution in [0.25, 0.3) is 0 Å². The summed E-state index contributed by atoms with van der Waals surface area (Å²) in [5.41, 5.74) is -0.689. The Balaban J connectivity index is 0.00000324. The Kier molecular flexibility index (Phi) is 6.17. The zero-order valence-corrected chi connectivity index (χ0v) is 13.3. The summed E-state index contributed by atoms with van der Waals surface area (Å²) < 4.78 is 35.4. The normalized spacial score (nSPS) is 10.5. The van der Waals surface area contributed by atoms with Gasteiger partial charge in [0.15, 0.2) is 0 Å². The van der Waals surface area contributed by atoms with E-state index in [2.05, 4.69) is 4.74 Å². The van der Waals surface area contributed by atoms with Crippen molar-refractivity contribution in [3.8, 4) is 0 Å². The Morgan fingerprint density at radius 3 is 2.16 bits per heavy atom. The Bertz CT molecular complexity index is 621. The van der Waals surface area contributed by atoms with E-state index in [1.165, 1.54) is 6.92 Å². The van der Waals surface area contributed by atoms with E-state index in [4.69, 9.17) is 4.55 Å². The monoisotopic (exact) mass is 296 g/mol. The van der Waals surface area contributed by atoms with Gasteiger partial charge >= 0.3 is 35.5 Å². The number of rotatable bonds is 3. The molecule has 0 aliphatic heterocycles. The molecule has 0 aliphatic carbocycles. The molecule has 0 aliphatic rings. The first-order chi connectivity index (χ1) is 8.18. The second-order valence-corrected chi connectivity index (χ2v) is 4.81. The molecule has 0 saturated carbocycles.